The van der Waals surface area contributed by atoms with E-state index >= 15 is 0 Å². The number of fused-ring (bicyclic) bond motifs is 1. The molecule has 1 amide bonds. The fourth-order valence-corrected chi connectivity index (χ4v) is 4.46. The molecule has 1 atom stereocenters. The molecular formula is C21H27NO5. The van der Waals surface area contributed by atoms with Crippen molar-refractivity contribution in [3.05, 3.63) is 23.8 Å². The van der Waals surface area contributed by atoms with Crippen LogP contribution in [-0.2, 0) is 9.47 Å². The molecule has 2 saturated heterocycles. The SMILES string of the molecule is O=C(c1cccc2c1OCCO2)N1CC2(C1)OCCC2CCOCC1CC1. The van der Waals surface area contributed by atoms with Gasteiger partial charge in [-0.1, -0.05) is 6.07 Å². The molecule has 3 aliphatic heterocycles. The number of ether oxygens (including phenoxy) is 4. The molecule has 1 unspecified atom stereocenters. The lowest BCUT2D eigenvalue weighted by Gasteiger charge is -2.50. The minimum Gasteiger partial charge on any atom is -0.486 e. The van der Waals surface area contributed by atoms with Gasteiger partial charge in [0.25, 0.3) is 5.91 Å². The summed E-state index contributed by atoms with van der Waals surface area (Å²) in [6, 6.07) is 5.52. The molecule has 146 valence electrons. The van der Waals surface area contributed by atoms with Crippen molar-refractivity contribution in [3.63, 3.8) is 0 Å². The first kappa shape index (κ1) is 17.3. The highest BCUT2D eigenvalue weighted by atomic mass is 16.6. The zero-order chi connectivity index (χ0) is 18.3. The minimum absolute atomic E-state index is 0.00204. The normalized spacial score (nSPS) is 25.5. The van der Waals surface area contributed by atoms with Gasteiger partial charge in [0.05, 0.1) is 18.7 Å². The third-order valence-corrected chi connectivity index (χ3v) is 6.26. The number of hydrogen-bond acceptors (Lipinski definition) is 5. The lowest BCUT2D eigenvalue weighted by atomic mass is 9.79. The molecule has 0 N–H and O–H groups in total. The maximum Gasteiger partial charge on any atom is 0.257 e. The lowest BCUT2D eigenvalue weighted by molar-refractivity contribution is -0.120. The van der Waals surface area contributed by atoms with Crippen molar-refractivity contribution >= 4 is 5.91 Å². The summed E-state index contributed by atoms with van der Waals surface area (Å²) in [5, 5.41) is 0. The van der Waals surface area contributed by atoms with Gasteiger partial charge in [0.15, 0.2) is 11.5 Å². The molecule has 27 heavy (non-hydrogen) atoms. The molecule has 1 aromatic carbocycles. The van der Waals surface area contributed by atoms with Gasteiger partial charge in [-0.15, -0.1) is 0 Å². The average Bonchev–Trinajstić information content (AvgIpc) is 3.40. The highest BCUT2D eigenvalue weighted by Crippen LogP contribution is 2.43. The van der Waals surface area contributed by atoms with Crippen molar-refractivity contribution in [2.75, 3.05) is 46.1 Å². The van der Waals surface area contributed by atoms with E-state index in [1.165, 1.54) is 12.8 Å². The van der Waals surface area contributed by atoms with Crippen LogP contribution < -0.4 is 9.47 Å². The van der Waals surface area contributed by atoms with Crippen LogP contribution in [-0.4, -0.2) is 62.5 Å². The molecule has 0 aromatic heterocycles. The molecule has 1 saturated carbocycles. The molecule has 0 radical (unpaired) electrons. The summed E-state index contributed by atoms with van der Waals surface area (Å²) < 4.78 is 23.2. The van der Waals surface area contributed by atoms with Crippen LogP contribution in [0.5, 0.6) is 11.5 Å². The predicted octanol–water partition coefficient (Wildman–Crippen LogP) is 2.51. The zero-order valence-electron chi connectivity index (χ0n) is 15.7. The molecule has 6 nitrogen and oxygen atoms in total. The number of nitrogens with zero attached hydrogens (tertiary/aromatic N) is 1. The Hall–Kier alpha value is -1.79. The van der Waals surface area contributed by atoms with Gasteiger partial charge >= 0.3 is 0 Å². The fraction of sp³-hybridized carbons (Fsp3) is 0.667. The topological polar surface area (TPSA) is 57.2 Å². The Labute approximate surface area is 159 Å². The van der Waals surface area contributed by atoms with Crippen LogP contribution in [0, 0.1) is 11.8 Å². The van der Waals surface area contributed by atoms with Gasteiger partial charge in [0, 0.05) is 19.8 Å². The second-order valence-corrected chi connectivity index (χ2v) is 8.20. The van der Waals surface area contributed by atoms with Crippen molar-refractivity contribution in [2.24, 2.45) is 11.8 Å². The average molecular weight is 373 g/mol. The Morgan fingerprint density at radius 3 is 2.85 bits per heavy atom. The van der Waals surface area contributed by atoms with Crippen molar-refractivity contribution in [1.29, 1.82) is 0 Å². The van der Waals surface area contributed by atoms with Crippen molar-refractivity contribution in [1.82, 2.24) is 4.90 Å². The van der Waals surface area contributed by atoms with Crippen LogP contribution in [0.3, 0.4) is 0 Å². The van der Waals surface area contributed by atoms with E-state index in [2.05, 4.69) is 0 Å². The van der Waals surface area contributed by atoms with Crippen molar-refractivity contribution in [2.45, 2.75) is 31.3 Å². The Bertz CT molecular complexity index is 711. The first-order valence-electron chi connectivity index (χ1n) is 10.1. The summed E-state index contributed by atoms with van der Waals surface area (Å²) in [5.74, 6) is 2.52. The number of rotatable bonds is 6. The smallest absolute Gasteiger partial charge is 0.257 e. The van der Waals surface area contributed by atoms with E-state index in [1.807, 2.05) is 23.1 Å². The van der Waals surface area contributed by atoms with Gasteiger partial charge in [-0.05, 0) is 49.7 Å². The number of benzene rings is 1. The minimum atomic E-state index is -0.176. The van der Waals surface area contributed by atoms with Crippen LogP contribution in [0.25, 0.3) is 0 Å². The Kier molecular flexibility index (Phi) is 4.48. The molecule has 3 fully saturated rings. The van der Waals surface area contributed by atoms with E-state index in [9.17, 15) is 4.79 Å². The molecule has 4 aliphatic rings. The van der Waals surface area contributed by atoms with Gasteiger partial charge in [-0.2, -0.15) is 0 Å². The molecular weight excluding hydrogens is 346 g/mol. The molecule has 1 spiro atoms. The van der Waals surface area contributed by atoms with Crippen LogP contribution in [0.2, 0.25) is 0 Å². The quantitative estimate of drug-likeness (QED) is 0.717. The summed E-state index contributed by atoms with van der Waals surface area (Å²) in [6.07, 6.45) is 4.73. The zero-order valence-corrected chi connectivity index (χ0v) is 15.7. The fourth-order valence-electron chi connectivity index (χ4n) is 4.46. The predicted molar refractivity (Wildman–Crippen MR) is 98.3 cm³/mol. The van der Waals surface area contributed by atoms with Gasteiger partial charge in [-0.25, -0.2) is 0 Å². The van der Waals surface area contributed by atoms with Gasteiger partial charge < -0.3 is 23.8 Å². The first-order chi connectivity index (χ1) is 13.3. The summed E-state index contributed by atoms with van der Waals surface area (Å²) >= 11 is 0. The second kappa shape index (κ2) is 6.99. The van der Waals surface area contributed by atoms with E-state index in [1.54, 1.807) is 0 Å². The van der Waals surface area contributed by atoms with E-state index < -0.39 is 0 Å². The van der Waals surface area contributed by atoms with Crippen molar-refractivity contribution in [3.8, 4) is 11.5 Å². The highest BCUT2D eigenvalue weighted by Gasteiger charge is 2.54. The molecule has 1 aliphatic carbocycles. The van der Waals surface area contributed by atoms with Crippen LogP contribution in [0.15, 0.2) is 18.2 Å². The molecule has 0 bridgehead atoms. The van der Waals surface area contributed by atoms with Crippen LogP contribution in [0.1, 0.15) is 36.0 Å². The van der Waals surface area contributed by atoms with E-state index in [4.69, 9.17) is 18.9 Å². The molecule has 3 heterocycles. The maximum absolute atomic E-state index is 13.0. The molecule has 1 aromatic rings. The van der Waals surface area contributed by atoms with Crippen LogP contribution >= 0.6 is 0 Å². The molecule has 6 heteroatoms. The Balaban J connectivity index is 1.20. The number of carbonyl (C=O) groups is 1. The Morgan fingerprint density at radius 1 is 1.15 bits per heavy atom. The maximum atomic E-state index is 13.0. The van der Waals surface area contributed by atoms with E-state index in [-0.39, 0.29) is 11.5 Å². The largest absolute Gasteiger partial charge is 0.486 e. The number of carbonyl (C=O) groups excluding carboxylic acids is 1. The summed E-state index contributed by atoms with van der Waals surface area (Å²) in [5.41, 5.74) is 0.412. The van der Waals surface area contributed by atoms with E-state index in [0.717, 1.165) is 38.6 Å². The van der Waals surface area contributed by atoms with Gasteiger partial charge in [-0.3, -0.25) is 4.79 Å². The highest BCUT2D eigenvalue weighted by molar-refractivity contribution is 5.98. The van der Waals surface area contributed by atoms with E-state index in [0.29, 0.717) is 49.3 Å². The summed E-state index contributed by atoms with van der Waals surface area (Å²) in [7, 11) is 0. The Morgan fingerprint density at radius 2 is 2.00 bits per heavy atom. The summed E-state index contributed by atoms with van der Waals surface area (Å²) in [6.45, 7) is 4.81. The van der Waals surface area contributed by atoms with Gasteiger partial charge in [0.1, 0.15) is 18.8 Å². The molecule has 5 rings (SSSR count). The lowest BCUT2D eigenvalue weighted by Crippen LogP contribution is -2.66. The van der Waals surface area contributed by atoms with Crippen LogP contribution in [0.4, 0.5) is 0 Å². The third kappa shape index (κ3) is 3.29. The number of likely N-dealkylation sites (tertiary alicyclic amines) is 1. The van der Waals surface area contributed by atoms with Gasteiger partial charge in [0.2, 0.25) is 0 Å². The van der Waals surface area contributed by atoms with Crippen molar-refractivity contribution < 1.29 is 23.7 Å². The summed E-state index contributed by atoms with van der Waals surface area (Å²) in [4.78, 5) is 14.9. The number of para-hydroxylation sites is 1. The third-order valence-electron chi connectivity index (χ3n) is 6.26. The number of amides is 1. The standard InChI is InChI=1S/C21H27NO5/c23-20(17-2-1-3-18-19(17)26-11-10-25-18)22-13-21(14-22)16(7-9-27-21)6-8-24-12-15-4-5-15/h1-3,15-16H,4-14H2. The number of hydrogen-bond donors (Lipinski definition) is 0. The monoisotopic (exact) mass is 373 g/mol. The first-order valence-corrected chi connectivity index (χ1v) is 10.1. The second-order valence-electron chi connectivity index (χ2n) is 8.20.